The topological polar surface area (TPSA) is 34.3 Å². The number of halogens is 4. The second kappa shape index (κ2) is 10.3. The van der Waals surface area contributed by atoms with E-state index in [1.54, 1.807) is 0 Å². The molecule has 1 atom stereocenters. The zero-order valence-corrected chi connectivity index (χ0v) is 21.6. The van der Waals surface area contributed by atoms with E-state index in [9.17, 15) is 17.6 Å². The molecule has 1 unspecified atom stereocenters. The number of aromatic amines is 1. The first kappa shape index (κ1) is 26.0. The van der Waals surface area contributed by atoms with Gasteiger partial charge in [-0.05, 0) is 68.3 Å². The van der Waals surface area contributed by atoms with Crippen LogP contribution in [0.15, 0.2) is 42.5 Å². The van der Waals surface area contributed by atoms with Crippen molar-refractivity contribution in [3.8, 4) is 0 Å². The number of fused-ring (bicyclic) bond motifs is 3. The largest absolute Gasteiger partial charge is 0.371 e. The van der Waals surface area contributed by atoms with E-state index in [-0.39, 0.29) is 12.6 Å². The molecule has 3 aromatic rings. The van der Waals surface area contributed by atoms with Gasteiger partial charge in [0.2, 0.25) is 0 Å². The fourth-order valence-electron chi connectivity index (χ4n) is 6.16. The van der Waals surface area contributed by atoms with E-state index in [0.717, 1.165) is 69.6 Å². The number of alkyl halides is 2. The summed E-state index contributed by atoms with van der Waals surface area (Å²) < 4.78 is 52.8. The molecule has 0 aliphatic carbocycles. The number of nitrogens with zero attached hydrogens (tertiary/aromatic N) is 2. The minimum atomic E-state index is -2.64. The number of piperidine rings is 1. The zero-order valence-electron chi connectivity index (χ0n) is 21.6. The lowest BCUT2D eigenvalue weighted by atomic mass is 9.78. The zero-order chi connectivity index (χ0) is 26.2. The number of hydrogen-bond donors (Lipinski definition) is 2. The highest BCUT2D eigenvalue weighted by molar-refractivity contribution is 5.84. The van der Waals surface area contributed by atoms with Gasteiger partial charge in [0.15, 0.2) is 0 Å². The molecule has 0 saturated carbocycles. The van der Waals surface area contributed by atoms with E-state index < -0.39 is 17.6 Å². The fraction of sp³-hybridized carbons (Fsp3) is 0.517. The Morgan fingerprint density at radius 2 is 1.73 bits per heavy atom. The monoisotopic (exact) mass is 516 g/mol. The molecule has 1 spiro atoms. The maximum absolute atomic E-state index is 13.2. The molecular weight excluding hydrogens is 480 g/mol. The molecule has 3 aliphatic heterocycles. The van der Waals surface area contributed by atoms with Crippen LogP contribution in [-0.4, -0.2) is 54.6 Å². The van der Waals surface area contributed by atoms with Crippen LogP contribution in [0.1, 0.15) is 44.4 Å². The summed E-state index contributed by atoms with van der Waals surface area (Å²) in [4.78, 5) is 7.32. The minimum absolute atomic E-state index is 0.150. The predicted octanol–water partition coefficient (Wildman–Crippen LogP) is 6.11. The normalized spacial score (nSPS) is 21.7. The maximum atomic E-state index is 13.2. The molecule has 2 N–H and O–H groups in total. The Balaban J connectivity index is 0.000000152. The quantitative estimate of drug-likeness (QED) is 0.412. The van der Waals surface area contributed by atoms with E-state index in [4.69, 9.17) is 0 Å². The lowest BCUT2D eigenvalue weighted by Crippen LogP contribution is -2.44. The molecule has 2 aromatic carbocycles. The average molecular weight is 517 g/mol. The summed E-state index contributed by atoms with van der Waals surface area (Å²) in [6.07, 6.45) is 4.28. The van der Waals surface area contributed by atoms with Gasteiger partial charge in [-0.15, -0.1) is 0 Å². The molecule has 3 aliphatic rings. The Morgan fingerprint density at radius 1 is 1.03 bits per heavy atom. The van der Waals surface area contributed by atoms with Crippen molar-refractivity contribution in [3.05, 3.63) is 65.4 Å². The molecule has 2 saturated heterocycles. The van der Waals surface area contributed by atoms with Crippen LogP contribution in [0.25, 0.3) is 10.9 Å². The number of para-hydroxylation sites is 1. The maximum Gasteiger partial charge on any atom is 0.257 e. The number of hydrogen-bond acceptors (Lipinski definition) is 3. The molecular formula is C29H36F4N4. The summed E-state index contributed by atoms with van der Waals surface area (Å²) in [7, 11) is 0. The minimum Gasteiger partial charge on any atom is -0.371 e. The Kier molecular flexibility index (Phi) is 7.24. The third kappa shape index (κ3) is 5.96. The molecule has 0 radical (unpaired) electrons. The molecule has 6 rings (SSSR count). The van der Waals surface area contributed by atoms with Crippen LogP contribution in [0, 0.1) is 17.0 Å². The van der Waals surface area contributed by atoms with Gasteiger partial charge in [0, 0.05) is 67.5 Å². The molecule has 2 fully saturated rings. The van der Waals surface area contributed by atoms with Crippen LogP contribution in [0.3, 0.4) is 0 Å². The van der Waals surface area contributed by atoms with Gasteiger partial charge in [0.1, 0.15) is 11.6 Å². The summed E-state index contributed by atoms with van der Waals surface area (Å²) in [5.74, 6) is -3.63. The van der Waals surface area contributed by atoms with Gasteiger partial charge in [0.25, 0.3) is 5.92 Å². The Hall–Kier alpha value is -2.58. The van der Waals surface area contributed by atoms with Crippen LogP contribution in [0.2, 0.25) is 0 Å². The average Bonchev–Trinajstić information content (AvgIpc) is 3.43. The fourth-order valence-corrected chi connectivity index (χ4v) is 6.16. The SMILES string of the molecule is CC1Cc2c([nH]c3ccccc23)CN1CC(C)(F)F.Fc1cc(F)cc(N2CCC3(CCNC3)CC2)c1. The molecule has 1 aromatic heterocycles. The van der Waals surface area contributed by atoms with E-state index in [0.29, 0.717) is 17.6 Å². The van der Waals surface area contributed by atoms with Gasteiger partial charge in [-0.3, -0.25) is 4.90 Å². The summed E-state index contributed by atoms with van der Waals surface area (Å²) in [5, 5.41) is 4.65. The predicted molar refractivity (Wildman–Crippen MR) is 140 cm³/mol. The van der Waals surface area contributed by atoms with E-state index in [1.807, 2.05) is 30.0 Å². The van der Waals surface area contributed by atoms with Crippen LogP contribution >= 0.6 is 0 Å². The highest BCUT2D eigenvalue weighted by Gasteiger charge is 2.37. The lowest BCUT2D eigenvalue weighted by Gasteiger charge is -2.40. The second-order valence-electron chi connectivity index (χ2n) is 11.2. The molecule has 4 heterocycles. The number of benzene rings is 2. The Morgan fingerprint density at radius 3 is 2.38 bits per heavy atom. The van der Waals surface area contributed by atoms with Crippen molar-refractivity contribution in [2.75, 3.05) is 37.6 Å². The molecule has 37 heavy (non-hydrogen) atoms. The third-order valence-corrected chi connectivity index (χ3v) is 8.24. The first-order valence-corrected chi connectivity index (χ1v) is 13.2. The molecule has 4 nitrogen and oxygen atoms in total. The van der Waals surface area contributed by atoms with Crippen molar-refractivity contribution in [3.63, 3.8) is 0 Å². The van der Waals surface area contributed by atoms with Gasteiger partial charge in [-0.25, -0.2) is 17.6 Å². The molecule has 8 heteroatoms. The highest BCUT2D eigenvalue weighted by atomic mass is 19.3. The van der Waals surface area contributed by atoms with Crippen LogP contribution in [-0.2, 0) is 13.0 Å². The third-order valence-electron chi connectivity index (χ3n) is 8.24. The first-order valence-electron chi connectivity index (χ1n) is 13.2. The number of H-pyrrole nitrogens is 1. The first-order chi connectivity index (χ1) is 17.6. The summed E-state index contributed by atoms with van der Waals surface area (Å²) in [6, 6.07) is 12.1. The smallest absolute Gasteiger partial charge is 0.257 e. The highest BCUT2D eigenvalue weighted by Crippen LogP contribution is 2.38. The number of aromatic nitrogens is 1. The van der Waals surface area contributed by atoms with Crippen molar-refractivity contribution in [2.45, 2.75) is 58.0 Å². The molecule has 0 bridgehead atoms. The van der Waals surface area contributed by atoms with Crippen molar-refractivity contribution < 1.29 is 17.6 Å². The number of nitrogens with one attached hydrogen (secondary N) is 2. The number of rotatable bonds is 3. The van der Waals surface area contributed by atoms with E-state index >= 15 is 0 Å². The van der Waals surface area contributed by atoms with E-state index in [1.165, 1.54) is 29.5 Å². The summed E-state index contributed by atoms with van der Waals surface area (Å²) in [6.45, 7) is 7.40. The van der Waals surface area contributed by atoms with Gasteiger partial charge in [-0.1, -0.05) is 18.2 Å². The van der Waals surface area contributed by atoms with Crippen molar-refractivity contribution in [1.82, 2.24) is 15.2 Å². The summed E-state index contributed by atoms with van der Waals surface area (Å²) >= 11 is 0. The van der Waals surface area contributed by atoms with Gasteiger partial charge >= 0.3 is 0 Å². The van der Waals surface area contributed by atoms with Crippen LogP contribution < -0.4 is 10.2 Å². The molecule has 0 amide bonds. The van der Waals surface area contributed by atoms with Crippen LogP contribution in [0.4, 0.5) is 23.2 Å². The standard InChI is InChI=1S/C15H18F2N2.C14H18F2N2/c1-10-7-12-11-5-3-4-6-13(11)18-14(12)8-19(10)9-15(2,16)17;15-11-7-12(16)9-13(8-11)18-5-2-14(3-6-18)1-4-17-10-14/h3-6,10,18H,7-9H2,1-2H3;7-9,17H,1-6,10H2. The second-order valence-corrected chi connectivity index (χ2v) is 11.2. The van der Waals surface area contributed by atoms with Gasteiger partial charge in [0.05, 0.1) is 6.54 Å². The van der Waals surface area contributed by atoms with Crippen LogP contribution in [0.5, 0.6) is 0 Å². The Bertz CT molecular complexity index is 1200. The van der Waals surface area contributed by atoms with Gasteiger partial charge < -0.3 is 15.2 Å². The van der Waals surface area contributed by atoms with Crippen molar-refractivity contribution in [2.24, 2.45) is 5.41 Å². The molecule has 200 valence electrons. The van der Waals surface area contributed by atoms with E-state index in [2.05, 4.69) is 21.3 Å². The lowest BCUT2D eigenvalue weighted by molar-refractivity contribution is -0.0293. The van der Waals surface area contributed by atoms with Gasteiger partial charge in [-0.2, -0.15) is 0 Å². The summed E-state index contributed by atoms with van der Waals surface area (Å²) in [5.41, 5.74) is 4.59. The number of anilines is 1. The van der Waals surface area contributed by atoms with Crippen molar-refractivity contribution in [1.29, 1.82) is 0 Å². The van der Waals surface area contributed by atoms with Crippen molar-refractivity contribution >= 4 is 16.6 Å². The Labute approximate surface area is 216 Å².